The molecule has 0 atom stereocenters. The number of piperazine rings is 1. The van der Waals surface area contributed by atoms with Crippen molar-refractivity contribution in [2.45, 2.75) is 11.1 Å². The third-order valence-corrected chi connectivity index (χ3v) is 6.54. The van der Waals surface area contributed by atoms with Gasteiger partial charge in [-0.25, -0.2) is 8.42 Å². The van der Waals surface area contributed by atoms with E-state index in [-0.39, 0.29) is 0 Å². The zero-order chi connectivity index (χ0) is 14.2. The Hall–Kier alpha value is -1.38. The van der Waals surface area contributed by atoms with Crippen LogP contribution < -0.4 is 4.90 Å². The molecule has 1 saturated heterocycles. The summed E-state index contributed by atoms with van der Waals surface area (Å²) in [6.45, 7) is 4.01. The second-order valence-corrected chi connectivity index (χ2v) is 7.73. The molecule has 3 rings (SSSR count). The molecule has 2 aromatic rings. The third kappa shape index (κ3) is 2.46. The minimum Gasteiger partial charge on any atom is -0.360 e. The number of hydrogen-bond acceptors (Lipinski definition) is 6. The molecule has 0 N–H and O–H groups in total. The summed E-state index contributed by atoms with van der Waals surface area (Å²) in [7, 11) is -3.34. The topological polar surface area (TPSA) is 66.7 Å². The standard InChI is InChI=1S/C12H15N3O3S2/c1-10-9-11(13-18-10)14-4-6-15(7-5-14)20(16,17)12-3-2-8-19-12/h2-3,8-9H,4-7H2,1H3. The van der Waals surface area contributed by atoms with Crippen LogP contribution in [0.25, 0.3) is 0 Å². The van der Waals surface area contributed by atoms with Crippen LogP contribution >= 0.6 is 11.3 Å². The molecule has 0 amide bonds. The molecule has 3 heterocycles. The summed E-state index contributed by atoms with van der Waals surface area (Å²) in [6, 6.07) is 5.27. The fourth-order valence-electron chi connectivity index (χ4n) is 2.20. The van der Waals surface area contributed by atoms with E-state index in [9.17, 15) is 8.42 Å². The molecule has 0 unspecified atom stereocenters. The highest BCUT2D eigenvalue weighted by Crippen LogP contribution is 2.23. The van der Waals surface area contributed by atoms with Crippen LogP contribution in [0.4, 0.5) is 5.82 Å². The quantitative estimate of drug-likeness (QED) is 0.860. The molecule has 0 radical (unpaired) electrons. The van der Waals surface area contributed by atoms with Gasteiger partial charge in [-0.15, -0.1) is 11.3 Å². The van der Waals surface area contributed by atoms with E-state index in [4.69, 9.17) is 4.52 Å². The molecule has 108 valence electrons. The summed E-state index contributed by atoms with van der Waals surface area (Å²) in [5, 5.41) is 5.74. The van der Waals surface area contributed by atoms with E-state index in [1.807, 2.05) is 17.9 Å². The zero-order valence-electron chi connectivity index (χ0n) is 11.0. The van der Waals surface area contributed by atoms with Crippen LogP contribution in [0.15, 0.2) is 32.3 Å². The van der Waals surface area contributed by atoms with Crippen molar-refractivity contribution in [3.63, 3.8) is 0 Å². The largest absolute Gasteiger partial charge is 0.360 e. The Bertz CT molecular complexity index is 671. The van der Waals surface area contributed by atoms with Crippen LogP contribution in [0, 0.1) is 6.92 Å². The molecule has 8 heteroatoms. The van der Waals surface area contributed by atoms with Gasteiger partial charge in [0.1, 0.15) is 9.97 Å². The predicted octanol–water partition coefficient (Wildman–Crippen LogP) is 1.56. The van der Waals surface area contributed by atoms with Crippen LogP contribution in [0.2, 0.25) is 0 Å². The summed E-state index contributed by atoms with van der Waals surface area (Å²) in [5.74, 6) is 1.53. The maximum Gasteiger partial charge on any atom is 0.252 e. The lowest BCUT2D eigenvalue weighted by molar-refractivity contribution is 0.372. The Morgan fingerprint density at radius 2 is 2.05 bits per heavy atom. The lowest BCUT2D eigenvalue weighted by Gasteiger charge is -2.33. The molecular formula is C12H15N3O3S2. The van der Waals surface area contributed by atoms with Gasteiger partial charge in [-0.3, -0.25) is 0 Å². The van der Waals surface area contributed by atoms with Crippen molar-refractivity contribution in [1.29, 1.82) is 0 Å². The summed E-state index contributed by atoms with van der Waals surface area (Å²) >= 11 is 1.25. The normalized spacial score (nSPS) is 17.6. The summed E-state index contributed by atoms with van der Waals surface area (Å²) < 4.78 is 31.7. The van der Waals surface area contributed by atoms with E-state index in [0.717, 1.165) is 11.6 Å². The Morgan fingerprint density at radius 3 is 2.60 bits per heavy atom. The van der Waals surface area contributed by atoms with Gasteiger partial charge in [-0.2, -0.15) is 4.31 Å². The van der Waals surface area contributed by atoms with Gasteiger partial charge in [0.25, 0.3) is 10.0 Å². The van der Waals surface area contributed by atoms with Gasteiger partial charge in [0.05, 0.1) is 0 Å². The molecule has 0 saturated carbocycles. The van der Waals surface area contributed by atoms with Crippen LogP contribution in [-0.2, 0) is 10.0 Å². The Balaban J connectivity index is 1.70. The summed E-state index contributed by atoms with van der Waals surface area (Å²) in [5.41, 5.74) is 0. The predicted molar refractivity (Wildman–Crippen MR) is 76.5 cm³/mol. The lowest BCUT2D eigenvalue weighted by atomic mass is 10.3. The average molecular weight is 313 g/mol. The first-order valence-corrected chi connectivity index (χ1v) is 8.61. The van der Waals surface area contributed by atoms with Crippen LogP contribution in [0.3, 0.4) is 0 Å². The fraction of sp³-hybridized carbons (Fsp3) is 0.417. The Kier molecular flexibility index (Phi) is 3.53. The van der Waals surface area contributed by atoms with Gasteiger partial charge in [-0.05, 0) is 18.4 Å². The van der Waals surface area contributed by atoms with Gasteiger partial charge in [-0.1, -0.05) is 11.2 Å². The van der Waals surface area contributed by atoms with E-state index >= 15 is 0 Å². The number of nitrogens with zero attached hydrogens (tertiary/aromatic N) is 3. The van der Waals surface area contributed by atoms with E-state index < -0.39 is 10.0 Å². The molecule has 1 aliphatic heterocycles. The molecule has 6 nitrogen and oxygen atoms in total. The average Bonchev–Trinajstić information content (AvgIpc) is 3.10. The molecule has 2 aromatic heterocycles. The van der Waals surface area contributed by atoms with Crippen molar-refractivity contribution >= 4 is 27.2 Å². The van der Waals surface area contributed by atoms with Crippen molar-refractivity contribution in [1.82, 2.24) is 9.46 Å². The van der Waals surface area contributed by atoms with Crippen molar-refractivity contribution < 1.29 is 12.9 Å². The first-order chi connectivity index (χ1) is 9.57. The molecular weight excluding hydrogens is 298 g/mol. The molecule has 1 fully saturated rings. The highest BCUT2D eigenvalue weighted by atomic mass is 32.2. The number of aryl methyl sites for hydroxylation is 1. The van der Waals surface area contributed by atoms with Crippen LogP contribution in [-0.4, -0.2) is 44.1 Å². The molecule has 1 aliphatic rings. The number of hydrogen-bond donors (Lipinski definition) is 0. The third-order valence-electron chi connectivity index (χ3n) is 3.27. The molecule has 0 aromatic carbocycles. The second-order valence-electron chi connectivity index (χ2n) is 4.62. The van der Waals surface area contributed by atoms with Crippen molar-refractivity contribution in [3.05, 3.63) is 29.3 Å². The number of thiophene rings is 1. The highest BCUT2D eigenvalue weighted by molar-refractivity contribution is 7.91. The first kappa shape index (κ1) is 13.6. The van der Waals surface area contributed by atoms with Crippen molar-refractivity contribution in [2.24, 2.45) is 0 Å². The highest BCUT2D eigenvalue weighted by Gasteiger charge is 2.29. The fourth-order valence-corrected chi connectivity index (χ4v) is 4.76. The van der Waals surface area contributed by atoms with Crippen LogP contribution in [0.5, 0.6) is 0 Å². The van der Waals surface area contributed by atoms with Gasteiger partial charge in [0.2, 0.25) is 0 Å². The van der Waals surface area contributed by atoms with Crippen molar-refractivity contribution in [2.75, 3.05) is 31.1 Å². The van der Waals surface area contributed by atoms with E-state index in [1.165, 1.54) is 15.6 Å². The number of anilines is 1. The van der Waals surface area contributed by atoms with Gasteiger partial charge < -0.3 is 9.42 Å². The Morgan fingerprint density at radius 1 is 1.30 bits per heavy atom. The van der Waals surface area contributed by atoms with Crippen LogP contribution in [0.1, 0.15) is 5.76 Å². The first-order valence-electron chi connectivity index (χ1n) is 6.29. The number of rotatable bonds is 3. The molecule has 20 heavy (non-hydrogen) atoms. The monoisotopic (exact) mass is 313 g/mol. The smallest absolute Gasteiger partial charge is 0.252 e. The number of aromatic nitrogens is 1. The van der Waals surface area contributed by atoms with E-state index in [2.05, 4.69) is 5.16 Å². The maximum absolute atomic E-state index is 12.4. The SMILES string of the molecule is Cc1cc(N2CCN(S(=O)(=O)c3cccs3)CC2)no1. The van der Waals surface area contributed by atoms with E-state index in [1.54, 1.807) is 17.5 Å². The molecule has 0 spiro atoms. The molecule has 0 aliphatic carbocycles. The maximum atomic E-state index is 12.4. The van der Waals surface area contributed by atoms with Crippen molar-refractivity contribution in [3.8, 4) is 0 Å². The molecule has 0 bridgehead atoms. The minimum absolute atomic E-state index is 0.406. The lowest BCUT2D eigenvalue weighted by Crippen LogP contribution is -2.48. The number of sulfonamides is 1. The van der Waals surface area contributed by atoms with Gasteiger partial charge in [0, 0.05) is 32.2 Å². The van der Waals surface area contributed by atoms with Gasteiger partial charge in [0.15, 0.2) is 5.82 Å². The summed E-state index contributed by atoms with van der Waals surface area (Å²) in [4.78, 5) is 2.04. The second kappa shape index (κ2) is 5.19. The van der Waals surface area contributed by atoms with Gasteiger partial charge >= 0.3 is 0 Å². The summed E-state index contributed by atoms with van der Waals surface area (Å²) in [6.07, 6.45) is 0. The Labute approximate surface area is 121 Å². The minimum atomic E-state index is -3.34. The van der Waals surface area contributed by atoms with E-state index in [0.29, 0.717) is 30.4 Å². The zero-order valence-corrected chi connectivity index (χ0v) is 12.7.